The molecule has 5 nitrogen and oxygen atoms in total. The summed E-state index contributed by atoms with van der Waals surface area (Å²) in [7, 11) is 1.71. The van der Waals surface area contributed by atoms with Crippen molar-refractivity contribution < 1.29 is 35.9 Å². The fraction of sp³-hybridized carbons (Fsp3) is 0.684. The summed E-state index contributed by atoms with van der Waals surface area (Å²) in [6.45, 7) is 3.19. The van der Waals surface area contributed by atoms with Crippen LogP contribution in [0.15, 0.2) is 18.3 Å². The van der Waals surface area contributed by atoms with Gasteiger partial charge in [0.1, 0.15) is 12.2 Å². The van der Waals surface area contributed by atoms with Crippen molar-refractivity contribution in [2.45, 2.75) is 45.1 Å². The number of hydrogen-bond acceptors (Lipinski definition) is 4. The number of nitrogens with one attached hydrogen (secondary N) is 1. The van der Waals surface area contributed by atoms with Crippen molar-refractivity contribution in [1.82, 2.24) is 15.2 Å². The number of carbonyl (C=O) groups is 1. The number of amides is 1. The Balaban J connectivity index is 2.05. The van der Waals surface area contributed by atoms with E-state index < -0.39 is 60.1 Å². The van der Waals surface area contributed by atoms with Crippen LogP contribution >= 0.6 is 0 Å². The number of rotatable bonds is 6. The number of aromatic nitrogens is 1. The predicted octanol–water partition coefficient (Wildman–Crippen LogP) is 3.89. The molecule has 11 heteroatoms. The second-order valence-corrected chi connectivity index (χ2v) is 8.24. The molecule has 0 spiro atoms. The van der Waals surface area contributed by atoms with Gasteiger partial charge in [-0.05, 0) is 46.0 Å². The number of alkyl halides is 6. The van der Waals surface area contributed by atoms with Crippen LogP contribution in [0.25, 0.3) is 0 Å². The van der Waals surface area contributed by atoms with Gasteiger partial charge >= 0.3 is 12.4 Å². The maximum atomic E-state index is 13.1. The Morgan fingerprint density at radius 1 is 1.27 bits per heavy atom. The van der Waals surface area contributed by atoms with Crippen LogP contribution < -0.4 is 10.1 Å². The zero-order valence-electron chi connectivity index (χ0n) is 16.9. The van der Waals surface area contributed by atoms with Gasteiger partial charge in [0.05, 0.1) is 5.41 Å². The SMILES string of the molecule is CN1CC[C@H](NC(=O)C(C)(C)COc2ncccc2C(F)(F)F)[C@@H](CC(F)(F)F)C1. The average molecular weight is 441 g/mol. The average Bonchev–Trinajstić information content (AvgIpc) is 2.60. The molecule has 0 aliphatic carbocycles. The number of piperidine rings is 1. The quantitative estimate of drug-likeness (QED) is 0.681. The van der Waals surface area contributed by atoms with Crippen molar-refractivity contribution >= 4 is 5.91 Å². The molecule has 2 heterocycles. The summed E-state index contributed by atoms with van der Waals surface area (Å²) in [5, 5.41) is 2.65. The molecular formula is C19H25F6N3O2. The van der Waals surface area contributed by atoms with Crippen LogP contribution in [0.4, 0.5) is 26.3 Å². The third-order valence-electron chi connectivity index (χ3n) is 5.01. The van der Waals surface area contributed by atoms with Gasteiger partial charge in [0.15, 0.2) is 0 Å². The van der Waals surface area contributed by atoms with E-state index in [0.717, 1.165) is 18.3 Å². The summed E-state index contributed by atoms with van der Waals surface area (Å²) < 4.78 is 83.0. The second-order valence-electron chi connectivity index (χ2n) is 8.24. The first-order chi connectivity index (χ1) is 13.7. The first-order valence-corrected chi connectivity index (χ1v) is 9.40. The number of nitrogens with zero attached hydrogens (tertiary/aromatic N) is 2. The van der Waals surface area contributed by atoms with Gasteiger partial charge in [-0.25, -0.2) is 4.98 Å². The number of likely N-dealkylation sites (tertiary alicyclic amines) is 1. The highest BCUT2D eigenvalue weighted by Crippen LogP contribution is 2.35. The lowest BCUT2D eigenvalue weighted by atomic mass is 9.87. The lowest BCUT2D eigenvalue weighted by molar-refractivity contribution is -0.152. The molecule has 30 heavy (non-hydrogen) atoms. The number of halogens is 6. The van der Waals surface area contributed by atoms with E-state index in [1.807, 2.05) is 0 Å². The highest BCUT2D eigenvalue weighted by atomic mass is 19.4. The summed E-state index contributed by atoms with van der Waals surface area (Å²) in [6.07, 6.45) is -8.58. The molecular weight excluding hydrogens is 416 g/mol. The third kappa shape index (κ3) is 6.75. The van der Waals surface area contributed by atoms with E-state index in [0.29, 0.717) is 13.0 Å². The molecule has 2 rings (SSSR count). The second kappa shape index (κ2) is 8.99. The van der Waals surface area contributed by atoms with Crippen LogP contribution in [0.1, 0.15) is 32.3 Å². The molecule has 0 bridgehead atoms. The first kappa shape index (κ1) is 24.2. The molecule has 1 aliphatic heterocycles. The Kier molecular flexibility index (Phi) is 7.26. The normalized spacial score (nSPS) is 21.4. The molecule has 0 saturated carbocycles. The number of ether oxygens (including phenoxy) is 1. The minimum Gasteiger partial charge on any atom is -0.476 e. The minimum atomic E-state index is -4.67. The summed E-state index contributed by atoms with van der Waals surface area (Å²) in [6, 6.07) is 1.25. The maximum Gasteiger partial charge on any atom is 0.421 e. The molecule has 1 fully saturated rings. The van der Waals surface area contributed by atoms with E-state index in [1.54, 1.807) is 11.9 Å². The molecule has 0 unspecified atom stereocenters. The van der Waals surface area contributed by atoms with Crippen LogP contribution in [0.5, 0.6) is 5.88 Å². The van der Waals surface area contributed by atoms with Crippen LogP contribution in [0.3, 0.4) is 0 Å². The fourth-order valence-corrected chi connectivity index (χ4v) is 3.31. The maximum absolute atomic E-state index is 13.1. The Labute approximate surface area is 170 Å². The minimum absolute atomic E-state index is 0.185. The molecule has 1 aliphatic rings. The Hall–Kier alpha value is -2.04. The van der Waals surface area contributed by atoms with Crippen molar-refractivity contribution in [3.63, 3.8) is 0 Å². The van der Waals surface area contributed by atoms with E-state index in [9.17, 15) is 31.1 Å². The highest BCUT2D eigenvalue weighted by Gasteiger charge is 2.41. The summed E-state index contributed by atoms with van der Waals surface area (Å²) in [5.41, 5.74) is -2.35. The Morgan fingerprint density at radius 3 is 2.53 bits per heavy atom. The van der Waals surface area contributed by atoms with Crippen LogP contribution in [0, 0.1) is 11.3 Å². The van der Waals surface area contributed by atoms with Gasteiger partial charge in [0.25, 0.3) is 0 Å². The summed E-state index contributed by atoms with van der Waals surface area (Å²) >= 11 is 0. The van der Waals surface area contributed by atoms with Gasteiger partial charge in [-0.3, -0.25) is 4.79 Å². The molecule has 2 atom stereocenters. The van der Waals surface area contributed by atoms with Crippen molar-refractivity contribution in [1.29, 1.82) is 0 Å². The zero-order chi connectivity index (χ0) is 22.7. The van der Waals surface area contributed by atoms with Crippen molar-refractivity contribution in [3.8, 4) is 5.88 Å². The molecule has 1 saturated heterocycles. The van der Waals surface area contributed by atoms with E-state index in [2.05, 4.69) is 10.3 Å². The van der Waals surface area contributed by atoms with Crippen LogP contribution in [-0.4, -0.2) is 54.8 Å². The van der Waals surface area contributed by atoms with Gasteiger partial charge in [0, 0.05) is 31.1 Å². The monoisotopic (exact) mass is 441 g/mol. The van der Waals surface area contributed by atoms with Gasteiger partial charge in [-0.2, -0.15) is 26.3 Å². The summed E-state index contributed by atoms with van der Waals surface area (Å²) in [4.78, 5) is 18.1. The largest absolute Gasteiger partial charge is 0.476 e. The standard InChI is InChI=1S/C19H25F6N3O2/c1-17(2,11-30-15-13(19(23,24)25)5-4-7-26-15)16(29)27-14-6-8-28(3)10-12(14)9-18(20,21)22/h4-5,7,12,14H,6,8-11H2,1-3H3,(H,27,29)/t12-,14-/m0/s1. The fourth-order valence-electron chi connectivity index (χ4n) is 3.31. The lowest BCUT2D eigenvalue weighted by Crippen LogP contribution is -2.54. The molecule has 0 aromatic carbocycles. The van der Waals surface area contributed by atoms with Gasteiger partial charge in [-0.15, -0.1) is 0 Å². The lowest BCUT2D eigenvalue weighted by Gasteiger charge is -2.39. The molecule has 1 aromatic heterocycles. The zero-order valence-corrected chi connectivity index (χ0v) is 16.9. The van der Waals surface area contributed by atoms with Crippen LogP contribution in [0.2, 0.25) is 0 Å². The van der Waals surface area contributed by atoms with Crippen LogP contribution in [-0.2, 0) is 11.0 Å². The number of pyridine rings is 1. The van der Waals surface area contributed by atoms with Crippen molar-refractivity contribution in [2.24, 2.45) is 11.3 Å². The molecule has 1 aromatic rings. The smallest absolute Gasteiger partial charge is 0.421 e. The Morgan fingerprint density at radius 2 is 1.93 bits per heavy atom. The third-order valence-corrected chi connectivity index (χ3v) is 5.01. The Bertz CT molecular complexity index is 736. The van der Waals surface area contributed by atoms with Gasteiger partial charge in [-0.1, -0.05) is 0 Å². The molecule has 1 amide bonds. The topological polar surface area (TPSA) is 54.5 Å². The van der Waals surface area contributed by atoms with Crippen molar-refractivity contribution in [2.75, 3.05) is 26.7 Å². The van der Waals surface area contributed by atoms with Gasteiger partial charge < -0.3 is 15.0 Å². The van der Waals surface area contributed by atoms with E-state index in [4.69, 9.17) is 4.74 Å². The number of carbonyl (C=O) groups excluding carboxylic acids is 1. The van der Waals surface area contributed by atoms with Crippen molar-refractivity contribution in [3.05, 3.63) is 23.9 Å². The summed E-state index contributed by atoms with van der Waals surface area (Å²) in [5.74, 6) is -2.05. The first-order valence-electron chi connectivity index (χ1n) is 9.40. The molecule has 0 radical (unpaired) electrons. The van der Waals surface area contributed by atoms with Gasteiger partial charge in [0.2, 0.25) is 11.8 Å². The highest BCUT2D eigenvalue weighted by molar-refractivity contribution is 5.82. The molecule has 1 N–H and O–H groups in total. The van der Waals surface area contributed by atoms with E-state index >= 15 is 0 Å². The number of hydrogen-bond donors (Lipinski definition) is 1. The van der Waals surface area contributed by atoms with E-state index in [1.165, 1.54) is 13.8 Å². The predicted molar refractivity (Wildman–Crippen MR) is 96.7 cm³/mol. The molecule has 170 valence electrons. The van der Waals surface area contributed by atoms with E-state index in [-0.39, 0.29) is 6.54 Å².